The van der Waals surface area contributed by atoms with E-state index in [9.17, 15) is 9.18 Å². The summed E-state index contributed by atoms with van der Waals surface area (Å²) in [7, 11) is 0. The zero-order chi connectivity index (χ0) is 12.3. The van der Waals surface area contributed by atoms with Crippen molar-refractivity contribution in [2.75, 3.05) is 19.7 Å². The first kappa shape index (κ1) is 12.5. The van der Waals surface area contributed by atoms with Gasteiger partial charge in [0.2, 0.25) is 6.29 Å². The Bertz CT molecular complexity index is 421. The molecule has 0 amide bonds. The highest BCUT2D eigenvalue weighted by molar-refractivity contribution is 9.10. The molecular weight excluding hydrogens is 293 g/mol. The molecule has 1 saturated heterocycles. The highest BCUT2D eigenvalue weighted by Crippen LogP contribution is 2.16. The summed E-state index contributed by atoms with van der Waals surface area (Å²) in [5.41, 5.74) is -0.0950. The molecule has 0 bridgehead atoms. The number of morpholine rings is 1. The van der Waals surface area contributed by atoms with E-state index in [1.54, 1.807) is 6.07 Å². The Morgan fingerprint density at radius 3 is 3.06 bits per heavy atom. The Balaban J connectivity index is 2.03. The van der Waals surface area contributed by atoms with Crippen molar-refractivity contribution in [3.8, 4) is 0 Å². The fraction of sp³-hybridized carbons (Fsp3) is 0.364. The van der Waals surface area contributed by atoms with Crippen LogP contribution in [-0.2, 0) is 9.47 Å². The van der Waals surface area contributed by atoms with Gasteiger partial charge in [0.05, 0.1) is 18.7 Å². The number of rotatable bonds is 2. The van der Waals surface area contributed by atoms with E-state index in [2.05, 4.69) is 21.2 Å². The molecule has 17 heavy (non-hydrogen) atoms. The predicted molar refractivity (Wildman–Crippen MR) is 62.1 cm³/mol. The fourth-order valence-electron chi connectivity index (χ4n) is 1.45. The van der Waals surface area contributed by atoms with Gasteiger partial charge in [0.1, 0.15) is 5.82 Å². The van der Waals surface area contributed by atoms with Gasteiger partial charge in [-0.1, -0.05) is 15.9 Å². The van der Waals surface area contributed by atoms with Crippen molar-refractivity contribution in [3.05, 3.63) is 34.1 Å². The number of carbonyl (C=O) groups is 1. The van der Waals surface area contributed by atoms with E-state index in [-0.39, 0.29) is 5.56 Å². The number of halogens is 2. The quantitative estimate of drug-likeness (QED) is 0.845. The number of ether oxygens (including phenoxy) is 2. The molecule has 0 spiro atoms. The van der Waals surface area contributed by atoms with Crippen LogP contribution >= 0.6 is 15.9 Å². The van der Waals surface area contributed by atoms with Gasteiger partial charge in [-0.2, -0.15) is 0 Å². The lowest BCUT2D eigenvalue weighted by molar-refractivity contribution is -0.121. The van der Waals surface area contributed by atoms with Crippen molar-refractivity contribution < 1.29 is 18.7 Å². The van der Waals surface area contributed by atoms with Gasteiger partial charge in [0.15, 0.2) is 0 Å². The molecule has 0 radical (unpaired) electrons. The molecule has 0 aromatic heterocycles. The number of hydrogen-bond acceptors (Lipinski definition) is 4. The first-order valence-electron chi connectivity index (χ1n) is 5.15. The molecule has 1 N–H and O–H groups in total. The maximum Gasteiger partial charge on any atom is 0.343 e. The molecule has 1 fully saturated rings. The minimum Gasteiger partial charge on any atom is -0.431 e. The van der Waals surface area contributed by atoms with Crippen molar-refractivity contribution in [2.24, 2.45) is 0 Å². The summed E-state index contributed by atoms with van der Waals surface area (Å²) in [4.78, 5) is 11.7. The molecule has 6 heteroatoms. The molecule has 92 valence electrons. The topological polar surface area (TPSA) is 47.6 Å². The average Bonchev–Trinajstić information content (AvgIpc) is 2.30. The second kappa shape index (κ2) is 5.57. The van der Waals surface area contributed by atoms with E-state index in [0.717, 1.165) is 6.54 Å². The Hall–Kier alpha value is -0.980. The Labute approximate surface area is 106 Å². The van der Waals surface area contributed by atoms with E-state index in [1.807, 2.05) is 0 Å². The molecule has 4 nitrogen and oxygen atoms in total. The van der Waals surface area contributed by atoms with Crippen LogP contribution in [0.15, 0.2) is 22.7 Å². The van der Waals surface area contributed by atoms with Gasteiger partial charge in [0, 0.05) is 11.0 Å². The van der Waals surface area contributed by atoms with Crippen LogP contribution in [0.3, 0.4) is 0 Å². The fourth-order valence-corrected chi connectivity index (χ4v) is 1.79. The number of esters is 1. The summed E-state index contributed by atoms with van der Waals surface area (Å²) in [6, 6.07) is 4.17. The van der Waals surface area contributed by atoms with Crippen molar-refractivity contribution in [3.63, 3.8) is 0 Å². The molecule has 0 saturated carbocycles. The maximum atomic E-state index is 13.5. The van der Waals surface area contributed by atoms with Crippen LogP contribution in [0, 0.1) is 5.82 Å². The van der Waals surface area contributed by atoms with Crippen molar-refractivity contribution in [1.82, 2.24) is 5.32 Å². The molecule has 1 heterocycles. The monoisotopic (exact) mass is 303 g/mol. The van der Waals surface area contributed by atoms with Gasteiger partial charge in [-0.15, -0.1) is 0 Å². The number of hydrogen-bond donors (Lipinski definition) is 1. The second-order valence-electron chi connectivity index (χ2n) is 3.53. The van der Waals surface area contributed by atoms with Crippen LogP contribution in [0.2, 0.25) is 0 Å². The third kappa shape index (κ3) is 3.24. The largest absolute Gasteiger partial charge is 0.431 e. The second-order valence-corrected chi connectivity index (χ2v) is 4.45. The summed E-state index contributed by atoms with van der Waals surface area (Å²) < 4.78 is 24.3. The van der Waals surface area contributed by atoms with Crippen LogP contribution in [0.1, 0.15) is 10.4 Å². The molecule has 1 aliphatic heterocycles. The summed E-state index contributed by atoms with van der Waals surface area (Å²) in [5, 5.41) is 3.01. The molecule has 0 aliphatic carbocycles. The van der Waals surface area contributed by atoms with Gasteiger partial charge < -0.3 is 14.8 Å². The lowest BCUT2D eigenvalue weighted by Crippen LogP contribution is -2.41. The first-order valence-corrected chi connectivity index (χ1v) is 5.94. The van der Waals surface area contributed by atoms with Crippen LogP contribution in [0.4, 0.5) is 4.39 Å². The molecule has 2 rings (SSSR count). The summed E-state index contributed by atoms with van der Waals surface area (Å²) in [6.45, 7) is 1.62. The lowest BCUT2D eigenvalue weighted by atomic mass is 10.2. The van der Waals surface area contributed by atoms with Gasteiger partial charge in [-0.25, -0.2) is 9.18 Å². The van der Waals surface area contributed by atoms with E-state index in [1.165, 1.54) is 12.1 Å². The Morgan fingerprint density at radius 2 is 2.41 bits per heavy atom. The molecule has 1 aromatic rings. The molecule has 1 aliphatic rings. The minimum absolute atomic E-state index is 0.0950. The SMILES string of the molecule is O=C(OC1CNCCO1)c1ccc(Br)cc1F. The molecule has 1 atom stereocenters. The van der Waals surface area contributed by atoms with Crippen molar-refractivity contribution in [1.29, 1.82) is 0 Å². The zero-order valence-corrected chi connectivity index (χ0v) is 10.5. The Morgan fingerprint density at radius 1 is 1.59 bits per heavy atom. The van der Waals surface area contributed by atoms with Crippen LogP contribution in [0.5, 0.6) is 0 Å². The van der Waals surface area contributed by atoms with E-state index in [0.29, 0.717) is 17.6 Å². The summed E-state index contributed by atoms with van der Waals surface area (Å²) in [6.07, 6.45) is -0.653. The normalized spacial score (nSPS) is 20.0. The maximum absolute atomic E-state index is 13.5. The minimum atomic E-state index is -0.719. The predicted octanol–water partition coefficient (Wildman–Crippen LogP) is 1.69. The molecule has 1 aromatic carbocycles. The van der Waals surface area contributed by atoms with Gasteiger partial charge in [-0.3, -0.25) is 0 Å². The third-order valence-electron chi connectivity index (χ3n) is 2.28. The van der Waals surface area contributed by atoms with Crippen LogP contribution in [0.25, 0.3) is 0 Å². The van der Waals surface area contributed by atoms with Gasteiger partial charge in [-0.05, 0) is 18.2 Å². The van der Waals surface area contributed by atoms with Crippen LogP contribution < -0.4 is 5.32 Å². The summed E-state index contributed by atoms with van der Waals surface area (Å²) >= 11 is 3.12. The van der Waals surface area contributed by atoms with Crippen LogP contribution in [-0.4, -0.2) is 32.0 Å². The molecule has 1 unspecified atom stereocenters. The number of nitrogens with one attached hydrogen (secondary N) is 1. The highest BCUT2D eigenvalue weighted by atomic mass is 79.9. The first-order chi connectivity index (χ1) is 8.16. The number of carbonyl (C=O) groups excluding carboxylic acids is 1. The lowest BCUT2D eigenvalue weighted by Gasteiger charge is -2.23. The highest BCUT2D eigenvalue weighted by Gasteiger charge is 2.21. The standard InChI is InChI=1S/C11H11BrFNO3/c12-7-1-2-8(9(13)5-7)11(15)17-10-6-14-3-4-16-10/h1-2,5,10,14H,3-4,6H2. The summed E-state index contributed by atoms with van der Waals surface area (Å²) in [5.74, 6) is -1.34. The molecular formula is C11H11BrFNO3. The average molecular weight is 304 g/mol. The Kier molecular flexibility index (Phi) is 4.09. The van der Waals surface area contributed by atoms with Gasteiger partial charge >= 0.3 is 5.97 Å². The smallest absolute Gasteiger partial charge is 0.343 e. The van der Waals surface area contributed by atoms with E-state index < -0.39 is 18.1 Å². The van der Waals surface area contributed by atoms with Crippen molar-refractivity contribution in [2.45, 2.75) is 6.29 Å². The van der Waals surface area contributed by atoms with E-state index >= 15 is 0 Å². The van der Waals surface area contributed by atoms with Crippen molar-refractivity contribution >= 4 is 21.9 Å². The van der Waals surface area contributed by atoms with Gasteiger partial charge in [0.25, 0.3) is 0 Å². The zero-order valence-electron chi connectivity index (χ0n) is 8.91. The number of benzene rings is 1. The van der Waals surface area contributed by atoms with E-state index in [4.69, 9.17) is 9.47 Å². The third-order valence-corrected chi connectivity index (χ3v) is 2.78.